The molecule has 0 amide bonds. The Morgan fingerprint density at radius 1 is 0.703 bits per heavy atom. The Morgan fingerprint density at radius 3 is 2.19 bits per heavy atom. The predicted octanol–water partition coefficient (Wildman–Crippen LogP) is 10.3. The Kier molecular flexibility index (Phi) is 5.37. The molecule has 0 N–H and O–H groups in total. The van der Waals surface area contributed by atoms with Crippen LogP contribution >= 0.6 is 11.8 Å². The lowest BCUT2D eigenvalue weighted by Crippen LogP contribution is -2.02. The molecule has 0 radical (unpaired) electrons. The highest BCUT2D eigenvalue weighted by molar-refractivity contribution is 8.03. The van der Waals surface area contributed by atoms with Gasteiger partial charge in [0.1, 0.15) is 0 Å². The molecule has 1 atom stereocenters. The Balaban J connectivity index is 1.59. The number of benzene rings is 5. The van der Waals surface area contributed by atoms with E-state index in [1.165, 1.54) is 69.6 Å². The van der Waals surface area contributed by atoms with Crippen LogP contribution in [-0.4, -0.2) is 4.98 Å². The third-order valence-electron chi connectivity index (χ3n) is 7.68. The number of hydrogen-bond donors (Lipinski definition) is 0. The Hall–Kier alpha value is -3.88. The van der Waals surface area contributed by atoms with Gasteiger partial charge in [-0.1, -0.05) is 109 Å². The zero-order chi connectivity index (χ0) is 24.9. The number of hydrogen-bond acceptors (Lipinski definition) is 2. The van der Waals surface area contributed by atoms with Crippen molar-refractivity contribution in [1.82, 2.24) is 4.98 Å². The van der Waals surface area contributed by atoms with Crippen LogP contribution in [0.25, 0.3) is 54.2 Å². The lowest BCUT2D eigenvalue weighted by molar-refractivity contribution is 0.696. The van der Waals surface area contributed by atoms with E-state index in [2.05, 4.69) is 122 Å². The molecule has 1 aromatic heterocycles. The van der Waals surface area contributed by atoms with Crippen LogP contribution in [0.2, 0.25) is 0 Å². The van der Waals surface area contributed by atoms with Gasteiger partial charge in [0, 0.05) is 22.7 Å². The zero-order valence-electron chi connectivity index (χ0n) is 21.0. The molecule has 178 valence electrons. The summed E-state index contributed by atoms with van der Waals surface area (Å²) < 4.78 is 0. The van der Waals surface area contributed by atoms with Crippen molar-refractivity contribution in [2.75, 3.05) is 0 Å². The van der Waals surface area contributed by atoms with Gasteiger partial charge < -0.3 is 0 Å². The Labute approximate surface area is 221 Å². The van der Waals surface area contributed by atoms with Gasteiger partial charge in [-0.3, -0.25) is 4.98 Å². The van der Waals surface area contributed by atoms with Gasteiger partial charge in [0.15, 0.2) is 0 Å². The topological polar surface area (TPSA) is 12.9 Å². The molecule has 0 saturated carbocycles. The summed E-state index contributed by atoms with van der Waals surface area (Å²) in [5.41, 5.74) is 3.99. The maximum Gasteiger partial charge on any atom is 0.0353 e. The Morgan fingerprint density at radius 2 is 1.38 bits per heavy atom. The van der Waals surface area contributed by atoms with Crippen LogP contribution in [0.4, 0.5) is 0 Å². The van der Waals surface area contributed by atoms with Crippen molar-refractivity contribution in [3.05, 3.63) is 120 Å². The lowest BCUT2D eigenvalue weighted by Gasteiger charge is -2.22. The summed E-state index contributed by atoms with van der Waals surface area (Å²) in [4.78, 5) is 7.38. The first-order valence-corrected chi connectivity index (χ1v) is 13.7. The third kappa shape index (κ3) is 3.67. The number of nitrogens with zero attached hydrogens (tertiary/aromatic N) is 1. The average Bonchev–Trinajstić information content (AvgIpc) is 2.94. The second-order valence-electron chi connectivity index (χ2n) is 10.2. The van der Waals surface area contributed by atoms with E-state index in [1.807, 2.05) is 18.0 Å². The van der Waals surface area contributed by atoms with Crippen LogP contribution in [0.15, 0.2) is 125 Å². The van der Waals surface area contributed by atoms with Gasteiger partial charge in [-0.05, 0) is 85.1 Å². The fourth-order valence-electron chi connectivity index (χ4n) is 5.93. The normalized spacial score (nSPS) is 15.9. The van der Waals surface area contributed by atoms with Crippen molar-refractivity contribution in [2.24, 2.45) is 5.92 Å². The zero-order valence-corrected chi connectivity index (χ0v) is 21.8. The maximum atomic E-state index is 4.63. The smallest absolute Gasteiger partial charge is 0.0353 e. The molecule has 1 nitrogen and oxygen atoms in total. The van der Waals surface area contributed by atoms with E-state index in [0.29, 0.717) is 5.92 Å². The molecule has 6 aromatic rings. The summed E-state index contributed by atoms with van der Waals surface area (Å²) in [5.74, 6) is 0.523. The van der Waals surface area contributed by atoms with Gasteiger partial charge in [-0.2, -0.15) is 0 Å². The van der Waals surface area contributed by atoms with Crippen molar-refractivity contribution in [2.45, 2.75) is 25.2 Å². The third-order valence-corrected chi connectivity index (χ3v) is 9.10. The summed E-state index contributed by atoms with van der Waals surface area (Å²) >= 11 is 1.93. The van der Waals surface area contributed by atoms with Crippen LogP contribution in [0.5, 0.6) is 0 Å². The summed E-state index contributed by atoms with van der Waals surface area (Å²) in [6, 6.07) is 31.0. The van der Waals surface area contributed by atoms with Crippen LogP contribution in [0, 0.1) is 5.92 Å². The predicted molar refractivity (Wildman–Crippen MR) is 161 cm³/mol. The maximum absolute atomic E-state index is 4.63. The highest BCUT2D eigenvalue weighted by Crippen LogP contribution is 2.48. The van der Waals surface area contributed by atoms with Gasteiger partial charge in [-0.15, -0.1) is 0 Å². The van der Waals surface area contributed by atoms with Crippen molar-refractivity contribution in [3.8, 4) is 11.1 Å². The summed E-state index contributed by atoms with van der Waals surface area (Å²) in [5, 5.41) is 10.2. The van der Waals surface area contributed by atoms with Crippen LogP contribution in [-0.2, 0) is 0 Å². The first kappa shape index (κ1) is 22.3. The number of pyridine rings is 1. The molecular formula is C35H27NS. The molecule has 1 aliphatic rings. The molecule has 5 aromatic carbocycles. The van der Waals surface area contributed by atoms with Crippen molar-refractivity contribution >= 4 is 54.9 Å². The van der Waals surface area contributed by atoms with E-state index in [1.54, 1.807) is 0 Å². The van der Waals surface area contributed by atoms with E-state index in [9.17, 15) is 0 Å². The number of allylic oxidation sites excluding steroid dienone is 4. The van der Waals surface area contributed by atoms with Gasteiger partial charge >= 0.3 is 0 Å². The SMILES string of the molecule is CC1=CC=C(Sc2c3ccccc3c(-c3cc4ccccc4c4ccccc34)c3cnccc23)C(C)C1. The molecule has 0 fully saturated rings. The van der Waals surface area contributed by atoms with Crippen LogP contribution in [0.1, 0.15) is 20.3 Å². The molecule has 1 heterocycles. The Bertz CT molecular complexity index is 1850. The highest BCUT2D eigenvalue weighted by Gasteiger charge is 2.21. The van der Waals surface area contributed by atoms with Gasteiger partial charge in [0.25, 0.3) is 0 Å². The molecular weight excluding hydrogens is 466 g/mol. The van der Waals surface area contributed by atoms with E-state index in [0.717, 1.165) is 6.42 Å². The molecule has 2 heteroatoms. The fraction of sp³-hybridized carbons (Fsp3) is 0.114. The van der Waals surface area contributed by atoms with Crippen LogP contribution in [0.3, 0.4) is 0 Å². The van der Waals surface area contributed by atoms with E-state index >= 15 is 0 Å². The van der Waals surface area contributed by atoms with Crippen molar-refractivity contribution in [3.63, 3.8) is 0 Å². The molecule has 1 aliphatic carbocycles. The lowest BCUT2D eigenvalue weighted by atomic mass is 9.88. The first-order chi connectivity index (χ1) is 18.2. The number of thioether (sulfide) groups is 1. The van der Waals surface area contributed by atoms with Gasteiger partial charge in [0.2, 0.25) is 0 Å². The molecule has 0 spiro atoms. The molecule has 0 aliphatic heterocycles. The van der Waals surface area contributed by atoms with E-state index in [-0.39, 0.29) is 0 Å². The molecule has 1 unspecified atom stereocenters. The van der Waals surface area contributed by atoms with Crippen LogP contribution < -0.4 is 0 Å². The minimum absolute atomic E-state index is 0.523. The monoisotopic (exact) mass is 493 g/mol. The van der Waals surface area contributed by atoms with E-state index in [4.69, 9.17) is 0 Å². The minimum Gasteiger partial charge on any atom is -0.264 e. The number of fused-ring (bicyclic) bond motifs is 5. The molecule has 37 heavy (non-hydrogen) atoms. The van der Waals surface area contributed by atoms with Crippen molar-refractivity contribution in [1.29, 1.82) is 0 Å². The average molecular weight is 494 g/mol. The minimum atomic E-state index is 0.523. The van der Waals surface area contributed by atoms with Gasteiger partial charge in [-0.25, -0.2) is 0 Å². The highest BCUT2D eigenvalue weighted by atomic mass is 32.2. The fourth-order valence-corrected chi connectivity index (χ4v) is 7.17. The standard InChI is InChI=1S/C35H27NS/c1-22-15-16-33(23(2)19-22)37-35-29-14-8-7-13-28(29)34(32-21-36-18-17-30(32)35)31-20-24-9-3-4-10-25(24)26-11-5-6-12-27(26)31/h3-18,20-21,23H,19H2,1-2H3. The molecule has 7 rings (SSSR count). The quantitative estimate of drug-likeness (QED) is 0.180. The molecule has 0 bridgehead atoms. The van der Waals surface area contributed by atoms with E-state index < -0.39 is 0 Å². The number of aromatic nitrogens is 1. The largest absolute Gasteiger partial charge is 0.264 e. The number of rotatable bonds is 3. The van der Waals surface area contributed by atoms with Gasteiger partial charge in [0.05, 0.1) is 0 Å². The second-order valence-corrected chi connectivity index (χ2v) is 11.2. The summed E-state index contributed by atoms with van der Waals surface area (Å²) in [6.07, 6.45) is 9.72. The molecule has 0 saturated heterocycles. The second kappa shape index (κ2) is 8.90. The first-order valence-electron chi connectivity index (χ1n) is 12.9. The summed E-state index contributed by atoms with van der Waals surface area (Å²) in [6.45, 7) is 4.57. The summed E-state index contributed by atoms with van der Waals surface area (Å²) in [7, 11) is 0. The van der Waals surface area contributed by atoms with Crippen molar-refractivity contribution < 1.29 is 0 Å².